The van der Waals surface area contributed by atoms with E-state index in [9.17, 15) is 0 Å². The van der Waals surface area contributed by atoms with Gasteiger partial charge in [-0.2, -0.15) is 0 Å². The number of likely N-dealkylation sites (tertiary alicyclic amines) is 1. The van der Waals surface area contributed by atoms with Crippen LogP contribution in [0, 0.1) is 11.8 Å². The van der Waals surface area contributed by atoms with Crippen molar-refractivity contribution >= 4 is 6.08 Å². The summed E-state index contributed by atoms with van der Waals surface area (Å²) < 4.78 is 0. The van der Waals surface area contributed by atoms with Gasteiger partial charge in [0.15, 0.2) is 0 Å². The molecule has 2 aliphatic carbocycles. The molecule has 0 N–H and O–H groups in total. The molecule has 0 atom stereocenters. The molecular weight excluding hydrogens is 338 g/mol. The Hall–Kier alpha value is -1.08. The van der Waals surface area contributed by atoms with Gasteiger partial charge in [0.2, 0.25) is 0 Å². The second-order valence-corrected chi connectivity index (χ2v) is 7.92. The lowest BCUT2D eigenvalue weighted by atomic mass is 9.80. The van der Waals surface area contributed by atoms with Gasteiger partial charge < -0.3 is 4.90 Å². The minimum absolute atomic E-state index is 1.07. The van der Waals surface area contributed by atoms with Gasteiger partial charge in [0.05, 0.1) is 0 Å². The predicted octanol–water partition coefficient (Wildman–Crippen LogP) is 8.00. The summed E-state index contributed by atoms with van der Waals surface area (Å²) in [4.78, 5) is 2.61. The van der Waals surface area contributed by atoms with Crippen molar-refractivity contribution in [3.05, 3.63) is 41.5 Å². The molecule has 1 nitrogen and oxygen atoms in total. The number of benzene rings is 1. The third-order valence-electron chi connectivity index (χ3n) is 6.24. The Balaban J connectivity index is 0.000000257. The first-order valence-corrected chi connectivity index (χ1v) is 12.3. The first-order valence-electron chi connectivity index (χ1n) is 12.3. The van der Waals surface area contributed by atoms with E-state index in [2.05, 4.69) is 48.2 Å². The molecule has 0 unspecified atom stereocenters. The van der Waals surface area contributed by atoms with Gasteiger partial charge >= 0.3 is 0 Å². The normalized spacial score (nSPS) is 19.3. The standard InChI is InChI=1S/C14H27N.C9H8.2C2H6/c1-2-15-10-8-14(9-11-15)12-13-6-4-3-5-7-13;1-2-5-9-7-3-6-8(9)4-1;2*1-2/h13-14H,2-12H2,1H3;1-6H,7H2;2*1-2H3. The van der Waals surface area contributed by atoms with Crippen LogP contribution in [0.25, 0.3) is 6.08 Å². The number of hydrogen-bond donors (Lipinski definition) is 0. The van der Waals surface area contributed by atoms with E-state index in [4.69, 9.17) is 0 Å². The third kappa shape index (κ3) is 8.95. The molecule has 1 heteroatoms. The van der Waals surface area contributed by atoms with Gasteiger partial charge in [0.1, 0.15) is 0 Å². The van der Waals surface area contributed by atoms with Crippen LogP contribution in [0.4, 0.5) is 0 Å². The number of nitrogens with zero attached hydrogens (tertiary/aromatic N) is 1. The molecule has 4 rings (SSSR count). The van der Waals surface area contributed by atoms with Gasteiger partial charge in [0, 0.05) is 0 Å². The highest BCUT2D eigenvalue weighted by Crippen LogP contribution is 2.32. The lowest BCUT2D eigenvalue weighted by Gasteiger charge is -2.33. The molecular formula is C27H47N. The van der Waals surface area contributed by atoms with E-state index in [-0.39, 0.29) is 0 Å². The highest BCUT2D eigenvalue weighted by atomic mass is 15.1. The molecule has 1 heterocycles. The molecule has 1 saturated heterocycles. The summed E-state index contributed by atoms with van der Waals surface area (Å²) in [6.07, 6.45) is 17.6. The molecule has 1 aromatic rings. The summed E-state index contributed by atoms with van der Waals surface area (Å²) in [5.74, 6) is 2.16. The van der Waals surface area contributed by atoms with Crippen molar-refractivity contribution in [3.8, 4) is 0 Å². The van der Waals surface area contributed by atoms with E-state index in [1.54, 1.807) is 6.42 Å². The Bertz CT molecular complexity index is 505. The van der Waals surface area contributed by atoms with E-state index < -0.39 is 0 Å². The lowest BCUT2D eigenvalue weighted by Crippen LogP contribution is -2.34. The maximum Gasteiger partial charge on any atom is -0.00162 e. The number of allylic oxidation sites excluding steroid dienone is 1. The summed E-state index contributed by atoms with van der Waals surface area (Å²) in [6, 6.07) is 8.49. The second-order valence-electron chi connectivity index (χ2n) is 7.92. The number of hydrogen-bond acceptors (Lipinski definition) is 1. The molecule has 1 aliphatic heterocycles. The van der Waals surface area contributed by atoms with Crippen LogP contribution in [-0.4, -0.2) is 24.5 Å². The van der Waals surface area contributed by atoms with Gasteiger partial charge in [-0.15, -0.1) is 0 Å². The molecule has 1 saturated carbocycles. The van der Waals surface area contributed by atoms with Crippen LogP contribution in [0.15, 0.2) is 30.3 Å². The number of piperidine rings is 1. The van der Waals surface area contributed by atoms with Gasteiger partial charge in [-0.25, -0.2) is 0 Å². The van der Waals surface area contributed by atoms with Crippen LogP contribution < -0.4 is 0 Å². The highest BCUT2D eigenvalue weighted by molar-refractivity contribution is 5.59. The third-order valence-corrected chi connectivity index (χ3v) is 6.24. The second kappa shape index (κ2) is 15.8. The largest absolute Gasteiger partial charge is 0.304 e. The molecule has 28 heavy (non-hydrogen) atoms. The van der Waals surface area contributed by atoms with Crippen LogP contribution in [-0.2, 0) is 6.42 Å². The Morgan fingerprint density at radius 1 is 0.821 bits per heavy atom. The van der Waals surface area contributed by atoms with Crippen LogP contribution >= 0.6 is 0 Å². The average Bonchev–Trinajstić information content (AvgIpc) is 3.27. The van der Waals surface area contributed by atoms with E-state index in [0.717, 1.165) is 18.3 Å². The molecule has 0 amide bonds. The zero-order chi connectivity index (χ0) is 20.6. The molecule has 1 aromatic carbocycles. The molecule has 0 radical (unpaired) electrons. The van der Waals surface area contributed by atoms with Crippen LogP contribution in [0.5, 0.6) is 0 Å². The highest BCUT2D eigenvalue weighted by Gasteiger charge is 2.22. The van der Waals surface area contributed by atoms with E-state index >= 15 is 0 Å². The van der Waals surface area contributed by atoms with E-state index in [0.29, 0.717) is 0 Å². The summed E-state index contributed by atoms with van der Waals surface area (Å²) in [5, 5.41) is 0. The summed E-state index contributed by atoms with van der Waals surface area (Å²) in [7, 11) is 0. The molecule has 2 fully saturated rings. The van der Waals surface area contributed by atoms with Crippen molar-refractivity contribution in [3.63, 3.8) is 0 Å². The van der Waals surface area contributed by atoms with E-state index in [1.165, 1.54) is 75.7 Å². The van der Waals surface area contributed by atoms with Crippen molar-refractivity contribution in [2.24, 2.45) is 11.8 Å². The topological polar surface area (TPSA) is 3.24 Å². The average molecular weight is 386 g/mol. The SMILES string of the molecule is C1=Cc2ccccc2C1.CC.CC.CCN1CCC(CC2CCCCC2)CC1. The number of fused-ring (bicyclic) bond motifs is 1. The Kier molecular flexibility index (Phi) is 14.1. The van der Waals surface area contributed by atoms with Gasteiger partial charge in [-0.3, -0.25) is 0 Å². The fraction of sp³-hybridized carbons (Fsp3) is 0.704. The van der Waals surface area contributed by atoms with Crippen molar-refractivity contribution in [2.45, 2.75) is 92.4 Å². The molecule has 0 spiro atoms. The van der Waals surface area contributed by atoms with Gasteiger partial charge in [-0.1, -0.05) is 103 Å². The fourth-order valence-electron chi connectivity index (χ4n) is 4.63. The summed E-state index contributed by atoms with van der Waals surface area (Å²) in [6.45, 7) is 14.3. The maximum absolute atomic E-state index is 2.61. The van der Waals surface area contributed by atoms with Crippen LogP contribution in [0.2, 0.25) is 0 Å². The lowest BCUT2D eigenvalue weighted by molar-refractivity contribution is 0.163. The Labute approximate surface area is 176 Å². The quantitative estimate of drug-likeness (QED) is 0.509. The molecule has 3 aliphatic rings. The minimum Gasteiger partial charge on any atom is -0.304 e. The van der Waals surface area contributed by atoms with Gasteiger partial charge in [0.25, 0.3) is 0 Å². The monoisotopic (exact) mass is 385 g/mol. The first kappa shape index (κ1) is 25.0. The van der Waals surface area contributed by atoms with Crippen molar-refractivity contribution < 1.29 is 0 Å². The maximum atomic E-state index is 2.61. The number of rotatable bonds is 3. The zero-order valence-electron chi connectivity index (χ0n) is 19.6. The summed E-state index contributed by atoms with van der Waals surface area (Å²) >= 11 is 0. The molecule has 0 bridgehead atoms. The predicted molar refractivity (Wildman–Crippen MR) is 128 cm³/mol. The Morgan fingerprint density at radius 2 is 1.43 bits per heavy atom. The van der Waals surface area contributed by atoms with Crippen molar-refractivity contribution in [1.82, 2.24) is 4.90 Å². The smallest absolute Gasteiger partial charge is 0.00162 e. The van der Waals surface area contributed by atoms with Crippen LogP contribution in [0.1, 0.15) is 97.1 Å². The summed E-state index contributed by atoms with van der Waals surface area (Å²) in [5.41, 5.74) is 2.84. The molecule has 0 aromatic heterocycles. The van der Waals surface area contributed by atoms with Crippen LogP contribution in [0.3, 0.4) is 0 Å². The minimum atomic E-state index is 1.07. The van der Waals surface area contributed by atoms with Crippen molar-refractivity contribution in [2.75, 3.05) is 19.6 Å². The zero-order valence-corrected chi connectivity index (χ0v) is 19.6. The first-order chi connectivity index (χ1) is 13.8. The fourth-order valence-corrected chi connectivity index (χ4v) is 4.63. The van der Waals surface area contributed by atoms with Gasteiger partial charge in [-0.05, 0) is 68.3 Å². The molecule has 160 valence electrons. The Morgan fingerprint density at radius 3 is 2.04 bits per heavy atom. The van der Waals surface area contributed by atoms with E-state index in [1.807, 2.05) is 27.7 Å². The van der Waals surface area contributed by atoms with Crippen molar-refractivity contribution in [1.29, 1.82) is 0 Å².